The van der Waals surface area contributed by atoms with Gasteiger partial charge in [-0.3, -0.25) is 14.8 Å². The average molecular weight is 423 g/mol. The van der Waals surface area contributed by atoms with Crippen LogP contribution in [0, 0.1) is 0 Å². The van der Waals surface area contributed by atoms with Gasteiger partial charge in [0, 0.05) is 30.2 Å². The summed E-state index contributed by atoms with van der Waals surface area (Å²) in [4.78, 5) is 26.1. The lowest BCUT2D eigenvalue weighted by atomic mass is 10.0. The van der Waals surface area contributed by atoms with E-state index in [2.05, 4.69) is 36.5 Å². The van der Waals surface area contributed by atoms with Crippen molar-refractivity contribution in [2.45, 2.75) is 37.6 Å². The zero-order chi connectivity index (χ0) is 21.5. The van der Waals surface area contributed by atoms with Crippen LogP contribution in [0.15, 0.2) is 61.3 Å². The average Bonchev–Trinajstić information content (AvgIpc) is 3.78. The van der Waals surface area contributed by atoms with Gasteiger partial charge in [0.25, 0.3) is 5.91 Å². The predicted molar refractivity (Wildman–Crippen MR) is 119 cm³/mol. The Balaban J connectivity index is 1.23. The van der Waals surface area contributed by atoms with Gasteiger partial charge in [0.1, 0.15) is 23.5 Å². The number of nitrogens with one attached hydrogen (secondary N) is 1. The summed E-state index contributed by atoms with van der Waals surface area (Å²) in [5.74, 6) is 1.47. The smallest absolute Gasteiger partial charge is 0.275 e. The van der Waals surface area contributed by atoms with E-state index in [0.29, 0.717) is 35.0 Å². The lowest BCUT2D eigenvalue weighted by molar-refractivity contribution is 0.102. The summed E-state index contributed by atoms with van der Waals surface area (Å²) in [7, 11) is 0. The molecule has 0 bridgehead atoms. The molecule has 0 aromatic carbocycles. The molecule has 2 aliphatic rings. The molecule has 0 radical (unpaired) electrons. The summed E-state index contributed by atoms with van der Waals surface area (Å²) in [6, 6.07) is 11.8. The molecule has 8 heteroatoms. The molecular formula is C24H21N7O. The Labute approximate surface area is 184 Å². The van der Waals surface area contributed by atoms with Crippen molar-refractivity contribution in [2.24, 2.45) is 0 Å². The van der Waals surface area contributed by atoms with E-state index in [-0.39, 0.29) is 5.91 Å². The number of carbonyl (C=O) groups excluding carboxylic acids is 1. The highest BCUT2D eigenvalue weighted by molar-refractivity contribution is 6.03. The molecule has 0 unspecified atom stereocenters. The second-order valence-electron chi connectivity index (χ2n) is 8.37. The number of amides is 1. The lowest BCUT2D eigenvalue weighted by Gasteiger charge is -2.09. The van der Waals surface area contributed by atoms with Gasteiger partial charge in [-0.1, -0.05) is 6.07 Å². The molecule has 158 valence electrons. The molecule has 2 aliphatic carbocycles. The fraction of sp³-hybridized carbons (Fsp3) is 0.250. The molecule has 0 aliphatic heterocycles. The second kappa shape index (κ2) is 7.64. The predicted octanol–water partition coefficient (Wildman–Crippen LogP) is 4.26. The quantitative estimate of drug-likeness (QED) is 0.497. The van der Waals surface area contributed by atoms with E-state index < -0.39 is 0 Å². The van der Waals surface area contributed by atoms with E-state index in [1.165, 1.54) is 18.4 Å². The first-order valence-electron chi connectivity index (χ1n) is 10.8. The fourth-order valence-corrected chi connectivity index (χ4v) is 3.84. The fourth-order valence-electron chi connectivity index (χ4n) is 3.84. The molecule has 1 N–H and O–H groups in total. The number of pyridine rings is 3. The molecule has 0 atom stereocenters. The van der Waals surface area contributed by atoms with E-state index in [0.717, 1.165) is 24.0 Å². The van der Waals surface area contributed by atoms with Crippen LogP contribution in [0.1, 0.15) is 53.7 Å². The van der Waals surface area contributed by atoms with Gasteiger partial charge in [0.15, 0.2) is 5.82 Å². The molecule has 1 amide bonds. The number of hydrogen-bond acceptors (Lipinski definition) is 6. The van der Waals surface area contributed by atoms with Crippen molar-refractivity contribution < 1.29 is 4.79 Å². The minimum atomic E-state index is -0.313. The zero-order valence-corrected chi connectivity index (χ0v) is 17.3. The lowest BCUT2D eigenvalue weighted by Crippen LogP contribution is -2.15. The van der Waals surface area contributed by atoms with Crippen LogP contribution in [0.3, 0.4) is 0 Å². The van der Waals surface area contributed by atoms with E-state index in [4.69, 9.17) is 0 Å². The van der Waals surface area contributed by atoms with Gasteiger partial charge < -0.3 is 9.88 Å². The first-order chi connectivity index (χ1) is 15.7. The third-order valence-electron chi connectivity index (χ3n) is 5.87. The molecule has 2 saturated carbocycles. The van der Waals surface area contributed by atoms with Crippen molar-refractivity contribution in [3.05, 3.63) is 72.6 Å². The van der Waals surface area contributed by atoms with Crippen molar-refractivity contribution in [1.29, 1.82) is 0 Å². The maximum atomic E-state index is 12.9. The van der Waals surface area contributed by atoms with E-state index in [9.17, 15) is 4.79 Å². The Hall–Kier alpha value is -3.94. The topological polar surface area (TPSA) is 98.5 Å². The monoisotopic (exact) mass is 423 g/mol. The molecule has 8 nitrogen and oxygen atoms in total. The normalized spacial score (nSPS) is 15.5. The summed E-state index contributed by atoms with van der Waals surface area (Å²) in [6.45, 7) is 0. The second-order valence-corrected chi connectivity index (χ2v) is 8.37. The highest BCUT2D eigenvalue weighted by atomic mass is 16.1. The molecule has 32 heavy (non-hydrogen) atoms. The zero-order valence-electron chi connectivity index (χ0n) is 17.3. The van der Waals surface area contributed by atoms with Crippen LogP contribution in [0.25, 0.3) is 22.6 Å². The molecule has 4 aromatic heterocycles. The number of rotatable bonds is 6. The molecule has 0 spiro atoms. The van der Waals surface area contributed by atoms with Crippen LogP contribution in [-0.2, 0) is 0 Å². The summed E-state index contributed by atoms with van der Waals surface area (Å²) >= 11 is 0. The van der Waals surface area contributed by atoms with Crippen molar-refractivity contribution in [3.8, 4) is 22.6 Å². The maximum Gasteiger partial charge on any atom is 0.275 e. The van der Waals surface area contributed by atoms with Gasteiger partial charge in [0.2, 0.25) is 0 Å². The van der Waals surface area contributed by atoms with Crippen LogP contribution < -0.4 is 5.32 Å². The number of hydrogen-bond donors (Lipinski definition) is 1. The van der Waals surface area contributed by atoms with Crippen LogP contribution in [-0.4, -0.2) is 35.6 Å². The first kappa shape index (κ1) is 18.8. The van der Waals surface area contributed by atoms with E-state index >= 15 is 0 Å². The standard InChI is InChI=1S/C24H21N7O/c32-24(21-11-16(8-9-26-21)18-10-17(12-25-13-18)15-4-5-15)29-22-3-1-2-20(28-22)23-30-27-14-31(23)19-6-7-19/h1-3,8-15,19H,4-7H2,(H,28,29,32). The van der Waals surface area contributed by atoms with Gasteiger partial charge in [-0.2, -0.15) is 0 Å². The Kier molecular flexibility index (Phi) is 4.49. The largest absolute Gasteiger partial charge is 0.309 e. The van der Waals surface area contributed by atoms with Gasteiger partial charge >= 0.3 is 0 Å². The highest BCUT2D eigenvalue weighted by Crippen LogP contribution is 2.40. The van der Waals surface area contributed by atoms with Crippen molar-refractivity contribution in [1.82, 2.24) is 29.7 Å². The summed E-state index contributed by atoms with van der Waals surface area (Å²) < 4.78 is 2.04. The summed E-state index contributed by atoms with van der Waals surface area (Å²) in [5.41, 5.74) is 4.17. The van der Waals surface area contributed by atoms with Gasteiger partial charge in [-0.15, -0.1) is 10.2 Å². The molecule has 0 saturated heterocycles. The van der Waals surface area contributed by atoms with Crippen molar-refractivity contribution in [2.75, 3.05) is 5.32 Å². The molecule has 2 fully saturated rings. The minimum absolute atomic E-state index is 0.313. The van der Waals surface area contributed by atoms with Crippen molar-refractivity contribution >= 4 is 11.7 Å². The Morgan fingerprint density at radius 3 is 2.78 bits per heavy atom. The third kappa shape index (κ3) is 3.75. The first-order valence-corrected chi connectivity index (χ1v) is 10.8. The Bertz CT molecular complexity index is 1310. The number of nitrogens with zero attached hydrogens (tertiary/aromatic N) is 6. The van der Waals surface area contributed by atoms with Crippen LogP contribution in [0.2, 0.25) is 0 Å². The number of anilines is 1. The number of carbonyl (C=O) groups is 1. The van der Waals surface area contributed by atoms with E-state index in [1.54, 1.807) is 24.7 Å². The van der Waals surface area contributed by atoms with Crippen LogP contribution >= 0.6 is 0 Å². The minimum Gasteiger partial charge on any atom is -0.309 e. The SMILES string of the molecule is O=C(Nc1cccc(-c2nncn2C2CC2)n1)c1cc(-c2cncc(C3CC3)c2)ccn1. The summed E-state index contributed by atoms with van der Waals surface area (Å²) in [5, 5.41) is 11.1. The van der Waals surface area contributed by atoms with Crippen LogP contribution in [0.5, 0.6) is 0 Å². The Morgan fingerprint density at radius 1 is 1.03 bits per heavy atom. The Morgan fingerprint density at radius 2 is 1.94 bits per heavy atom. The molecule has 4 aromatic rings. The maximum absolute atomic E-state index is 12.9. The molecule has 4 heterocycles. The molecular weight excluding hydrogens is 402 g/mol. The van der Waals surface area contributed by atoms with Gasteiger partial charge in [-0.25, -0.2) is 4.98 Å². The van der Waals surface area contributed by atoms with Crippen LogP contribution in [0.4, 0.5) is 5.82 Å². The number of aromatic nitrogens is 6. The third-order valence-corrected chi connectivity index (χ3v) is 5.87. The van der Waals surface area contributed by atoms with Gasteiger partial charge in [0.05, 0.1) is 0 Å². The van der Waals surface area contributed by atoms with Gasteiger partial charge in [-0.05, 0) is 73.1 Å². The summed E-state index contributed by atoms with van der Waals surface area (Å²) in [6.07, 6.45) is 11.8. The molecule has 6 rings (SSSR count). The van der Waals surface area contributed by atoms with Crippen molar-refractivity contribution in [3.63, 3.8) is 0 Å². The highest BCUT2D eigenvalue weighted by Gasteiger charge is 2.27. The van der Waals surface area contributed by atoms with E-state index in [1.807, 2.05) is 35.2 Å².